The molecule has 2 heterocycles. The van der Waals surface area contributed by atoms with Gasteiger partial charge in [-0.2, -0.15) is 18.2 Å². The molecule has 4 rings (SSSR count). The lowest BCUT2D eigenvalue weighted by Crippen LogP contribution is -2.27. The van der Waals surface area contributed by atoms with Gasteiger partial charge >= 0.3 is 11.9 Å². The lowest BCUT2D eigenvalue weighted by atomic mass is 10.1. The summed E-state index contributed by atoms with van der Waals surface area (Å²) in [6, 6.07) is 12.7. The van der Waals surface area contributed by atoms with E-state index in [0.29, 0.717) is 11.1 Å². The van der Waals surface area contributed by atoms with E-state index < -0.39 is 23.0 Å². The summed E-state index contributed by atoms with van der Waals surface area (Å²) in [5, 5.41) is 0. The molecule has 0 radical (unpaired) electrons. The first-order valence-electron chi connectivity index (χ1n) is 8.80. The van der Waals surface area contributed by atoms with Gasteiger partial charge in [0.05, 0.1) is 5.56 Å². The van der Waals surface area contributed by atoms with Crippen molar-refractivity contribution >= 4 is 0 Å². The highest BCUT2D eigenvalue weighted by Crippen LogP contribution is 2.34. The number of alkyl halides is 3. The topological polar surface area (TPSA) is 80.9 Å². The Morgan fingerprint density at radius 2 is 1.73 bits per heavy atom. The number of rotatable bonds is 3. The number of oxazole rings is 1. The lowest BCUT2D eigenvalue weighted by molar-refractivity contribution is -0.137. The fraction of sp³-hybridized carbons (Fsp3) is 0.0952. The highest BCUT2D eigenvalue weighted by molar-refractivity contribution is 5.69. The van der Waals surface area contributed by atoms with Gasteiger partial charge in [0.1, 0.15) is 0 Å². The van der Waals surface area contributed by atoms with Crippen molar-refractivity contribution in [2.24, 2.45) is 0 Å². The summed E-state index contributed by atoms with van der Waals surface area (Å²) in [6.45, 7) is 1.89. The summed E-state index contributed by atoms with van der Waals surface area (Å²) < 4.78 is 45.6. The Balaban J connectivity index is 1.92. The van der Waals surface area contributed by atoms with Gasteiger partial charge in [0.25, 0.3) is 5.56 Å². The number of hydrogen-bond acceptors (Lipinski definition) is 4. The fourth-order valence-electron chi connectivity index (χ4n) is 2.96. The largest absolute Gasteiger partial charge is 0.434 e. The molecule has 0 aliphatic carbocycles. The minimum atomic E-state index is -4.48. The normalized spacial score (nSPS) is 11.6. The Bertz CT molecular complexity index is 1330. The van der Waals surface area contributed by atoms with Crippen LogP contribution in [0, 0.1) is 6.92 Å². The van der Waals surface area contributed by atoms with E-state index in [1.54, 1.807) is 12.1 Å². The van der Waals surface area contributed by atoms with E-state index in [1.807, 2.05) is 19.1 Å². The molecule has 2 aromatic carbocycles. The number of halogens is 3. The molecule has 0 atom stereocenters. The first kappa shape index (κ1) is 19.4. The SMILES string of the molecule is Cc1cccc(-c2nc(-n3ccc(=O)[nH]c3=O)c(-c3ccc(C(F)(F)F)cc3)o2)c1. The summed E-state index contributed by atoms with van der Waals surface area (Å²) in [4.78, 5) is 30.2. The van der Waals surface area contributed by atoms with E-state index in [-0.39, 0.29) is 17.5 Å². The molecule has 0 saturated heterocycles. The van der Waals surface area contributed by atoms with Crippen LogP contribution in [0.3, 0.4) is 0 Å². The van der Waals surface area contributed by atoms with Crippen LogP contribution in [0.25, 0.3) is 28.6 Å². The number of aryl methyl sites for hydroxylation is 1. The zero-order chi connectivity index (χ0) is 21.5. The summed E-state index contributed by atoms with van der Waals surface area (Å²) >= 11 is 0. The number of benzene rings is 2. The molecule has 2 aromatic heterocycles. The number of nitrogens with one attached hydrogen (secondary N) is 1. The molecule has 9 heteroatoms. The molecule has 0 fully saturated rings. The molecule has 0 aliphatic heterocycles. The average molecular weight is 413 g/mol. The second-order valence-electron chi connectivity index (χ2n) is 6.60. The molecule has 6 nitrogen and oxygen atoms in total. The monoisotopic (exact) mass is 413 g/mol. The van der Waals surface area contributed by atoms with Gasteiger partial charge < -0.3 is 4.42 Å². The van der Waals surface area contributed by atoms with Gasteiger partial charge in [-0.25, -0.2) is 9.36 Å². The van der Waals surface area contributed by atoms with Crippen molar-refractivity contribution in [2.45, 2.75) is 13.1 Å². The van der Waals surface area contributed by atoms with Crippen LogP contribution in [-0.2, 0) is 6.18 Å². The van der Waals surface area contributed by atoms with Gasteiger partial charge in [-0.1, -0.05) is 29.8 Å². The van der Waals surface area contributed by atoms with Crippen LogP contribution in [0.2, 0.25) is 0 Å². The minimum Gasteiger partial charge on any atom is -0.434 e. The zero-order valence-corrected chi connectivity index (χ0v) is 15.5. The minimum absolute atomic E-state index is 0.0486. The van der Waals surface area contributed by atoms with Crippen molar-refractivity contribution < 1.29 is 17.6 Å². The maximum absolute atomic E-state index is 12.9. The zero-order valence-electron chi connectivity index (χ0n) is 15.5. The molecule has 152 valence electrons. The van der Waals surface area contributed by atoms with E-state index in [0.717, 1.165) is 28.3 Å². The van der Waals surface area contributed by atoms with Crippen LogP contribution < -0.4 is 11.2 Å². The average Bonchev–Trinajstić information content (AvgIpc) is 3.12. The van der Waals surface area contributed by atoms with E-state index in [9.17, 15) is 22.8 Å². The molecule has 0 spiro atoms. The summed E-state index contributed by atoms with van der Waals surface area (Å²) in [5.41, 5.74) is -0.277. The Morgan fingerprint density at radius 3 is 2.37 bits per heavy atom. The first-order valence-corrected chi connectivity index (χ1v) is 8.80. The summed E-state index contributed by atoms with van der Waals surface area (Å²) in [7, 11) is 0. The van der Waals surface area contributed by atoms with Crippen molar-refractivity contribution in [3.63, 3.8) is 0 Å². The Morgan fingerprint density at radius 1 is 1.00 bits per heavy atom. The second kappa shape index (κ2) is 7.18. The third-order valence-corrected chi connectivity index (χ3v) is 4.40. The van der Waals surface area contributed by atoms with Gasteiger partial charge in [0, 0.05) is 23.4 Å². The van der Waals surface area contributed by atoms with Crippen LogP contribution in [0.15, 0.2) is 74.8 Å². The third-order valence-electron chi connectivity index (χ3n) is 4.40. The van der Waals surface area contributed by atoms with Crippen molar-refractivity contribution in [2.75, 3.05) is 0 Å². The van der Waals surface area contributed by atoms with Crippen LogP contribution in [0.1, 0.15) is 11.1 Å². The van der Waals surface area contributed by atoms with E-state index in [1.165, 1.54) is 18.3 Å². The molecular formula is C21H14F3N3O3. The molecule has 0 saturated carbocycles. The van der Waals surface area contributed by atoms with Crippen molar-refractivity contribution in [3.05, 3.63) is 92.8 Å². The number of nitrogens with zero attached hydrogens (tertiary/aromatic N) is 2. The van der Waals surface area contributed by atoms with Gasteiger partial charge in [0.15, 0.2) is 11.6 Å². The molecule has 1 N–H and O–H groups in total. The first-order chi connectivity index (χ1) is 14.2. The van der Waals surface area contributed by atoms with E-state index >= 15 is 0 Å². The van der Waals surface area contributed by atoms with E-state index in [4.69, 9.17) is 4.42 Å². The molecule has 4 aromatic rings. The highest BCUT2D eigenvalue weighted by atomic mass is 19.4. The highest BCUT2D eigenvalue weighted by Gasteiger charge is 2.30. The van der Waals surface area contributed by atoms with Gasteiger partial charge in [-0.15, -0.1) is 0 Å². The molecule has 0 unspecified atom stereocenters. The van der Waals surface area contributed by atoms with Crippen molar-refractivity contribution in [1.29, 1.82) is 0 Å². The Labute approximate surface area is 167 Å². The van der Waals surface area contributed by atoms with Gasteiger partial charge in [-0.3, -0.25) is 9.78 Å². The lowest BCUT2D eigenvalue weighted by Gasteiger charge is -2.07. The van der Waals surface area contributed by atoms with Crippen molar-refractivity contribution in [3.8, 4) is 28.6 Å². The third kappa shape index (κ3) is 3.69. The smallest absolute Gasteiger partial charge is 0.416 e. The Hall–Kier alpha value is -3.88. The van der Waals surface area contributed by atoms with Crippen LogP contribution >= 0.6 is 0 Å². The molecule has 30 heavy (non-hydrogen) atoms. The number of aromatic amines is 1. The van der Waals surface area contributed by atoms with Crippen molar-refractivity contribution in [1.82, 2.24) is 14.5 Å². The van der Waals surface area contributed by atoms with Gasteiger partial charge in [0.2, 0.25) is 5.89 Å². The predicted molar refractivity (Wildman–Crippen MR) is 103 cm³/mol. The quantitative estimate of drug-likeness (QED) is 0.547. The van der Waals surface area contributed by atoms with E-state index in [2.05, 4.69) is 9.97 Å². The standard InChI is InChI=1S/C21H14F3N3O3/c1-12-3-2-4-14(11-12)19-26-18(27-10-9-16(28)25-20(27)29)17(30-19)13-5-7-15(8-6-13)21(22,23)24/h2-11H,1H3,(H,25,28,29). The van der Waals surface area contributed by atoms with Crippen LogP contribution in [0.5, 0.6) is 0 Å². The molecular weight excluding hydrogens is 399 g/mol. The Kier molecular flexibility index (Phi) is 4.65. The predicted octanol–water partition coefficient (Wildman–Crippen LogP) is 4.18. The second-order valence-corrected chi connectivity index (χ2v) is 6.60. The molecule has 0 bridgehead atoms. The number of aromatic nitrogens is 3. The van der Waals surface area contributed by atoms with Gasteiger partial charge in [-0.05, 0) is 31.2 Å². The summed E-state index contributed by atoms with van der Waals surface area (Å²) in [6.07, 6.45) is -3.25. The molecule has 0 aliphatic rings. The molecule has 0 amide bonds. The summed E-state index contributed by atoms with van der Waals surface area (Å²) in [5.74, 6) is 0.323. The number of hydrogen-bond donors (Lipinski definition) is 1. The fourth-order valence-corrected chi connectivity index (χ4v) is 2.96. The maximum Gasteiger partial charge on any atom is 0.416 e. The maximum atomic E-state index is 12.9. The van der Waals surface area contributed by atoms with Crippen LogP contribution in [-0.4, -0.2) is 14.5 Å². The van der Waals surface area contributed by atoms with Crippen LogP contribution in [0.4, 0.5) is 13.2 Å². The number of H-pyrrole nitrogens is 1.